The maximum atomic E-state index is 15.6. The maximum Gasteiger partial charge on any atom is 0.509 e. The molecule has 17 nitrogen and oxygen atoms in total. The summed E-state index contributed by atoms with van der Waals surface area (Å²) in [6.45, 7) is 14.6. The van der Waals surface area contributed by atoms with E-state index < -0.39 is 124 Å². The zero-order valence-corrected chi connectivity index (χ0v) is 35.5. The lowest BCUT2D eigenvalue weighted by Crippen LogP contribution is -2.83. The first-order valence-corrected chi connectivity index (χ1v) is 20.2. The quantitative estimate of drug-likeness (QED) is 0.174. The van der Waals surface area contributed by atoms with Crippen molar-refractivity contribution in [1.82, 2.24) is 5.32 Å². The molecular formula is C43H55NO16. The number of aliphatic hydroxyl groups excluding tert-OH is 2. The number of hydrogen-bond acceptors (Lipinski definition) is 16. The molecular weight excluding hydrogens is 786 g/mol. The smallest absolute Gasteiger partial charge is 0.454 e. The zero-order valence-electron chi connectivity index (χ0n) is 35.5. The van der Waals surface area contributed by atoms with E-state index in [0.717, 1.165) is 13.8 Å². The number of amides is 1. The van der Waals surface area contributed by atoms with Crippen LogP contribution in [-0.2, 0) is 57.1 Å². The third kappa shape index (κ3) is 6.85. The highest BCUT2D eigenvalue weighted by Gasteiger charge is 2.83. The van der Waals surface area contributed by atoms with E-state index >= 15 is 4.79 Å². The third-order valence-electron chi connectivity index (χ3n) is 13.1. The predicted octanol–water partition coefficient (Wildman–Crippen LogP) is 3.05. The fourth-order valence-electron chi connectivity index (χ4n) is 10.1. The second-order valence-electron chi connectivity index (χ2n) is 18.2. The SMILES string of the molecule is CCC[C@H](NC(=O)C(C)(C)C)[C@@H](O)C(=O)O[C@@H]1C(C)=C2[C@@H](OC(C)=O)C(=O)[C@@]3(C)[C@H]([C@H](OC(=O)c4ccccc4)[C@@]4(OC(=O)O[C@@H]14)C2(C)C)[C@]1(OC(C)=O)CO[C@@H]1C[C@@H]3O. The minimum atomic E-state index is -2.34. The Hall–Kier alpha value is -4.87. The Kier molecular flexibility index (Phi) is 11.6. The second-order valence-corrected chi connectivity index (χ2v) is 18.2. The molecule has 1 aromatic carbocycles. The molecule has 2 saturated heterocycles. The summed E-state index contributed by atoms with van der Waals surface area (Å²) in [4.78, 5) is 97.2. The fourth-order valence-corrected chi connectivity index (χ4v) is 10.1. The van der Waals surface area contributed by atoms with E-state index in [1.54, 1.807) is 59.7 Å². The van der Waals surface area contributed by atoms with Gasteiger partial charge < -0.3 is 48.7 Å². The number of rotatable bonds is 10. The molecule has 1 aromatic rings. The molecule has 60 heavy (non-hydrogen) atoms. The lowest BCUT2D eigenvalue weighted by atomic mass is 9.44. The summed E-state index contributed by atoms with van der Waals surface area (Å²) < 4.78 is 42.7. The second kappa shape index (κ2) is 15.5. The first-order chi connectivity index (χ1) is 27.9. The van der Waals surface area contributed by atoms with Crippen LogP contribution in [0.25, 0.3) is 0 Å². The van der Waals surface area contributed by atoms with E-state index in [-0.39, 0.29) is 36.2 Å². The Morgan fingerprint density at radius 3 is 2.18 bits per heavy atom. The van der Waals surface area contributed by atoms with E-state index in [2.05, 4.69) is 5.32 Å². The molecule has 17 heteroatoms. The highest BCUT2D eigenvalue weighted by Crippen LogP contribution is 2.66. The number of hydrogen-bond donors (Lipinski definition) is 3. The zero-order chi connectivity index (χ0) is 44.5. The summed E-state index contributed by atoms with van der Waals surface area (Å²) in [5.74, 6) is -6.90. The van der Waals surface area contributed by atoms with Gasteiger partial charge in [-0.2, -0.15) is 0 Å². The van der Waals surface area contributed by atoms with Crippen molar-refractivity contribution in [3.8, 4) is 0 Å². The monoisotopic (exact) mass is 841 g/mol. The topological polar surface area (TPSA) is 237 Å². The first-order valence-electron chi connectivity index (χ1n) is 20.2. The van der Waals surface area contributed by atoms with Gasteiger partial charge in [0.1, 0.15) is 6.10 Å². The molecule has 12 atom stereocenters. The van der Waals surface area contributed by atoms with Crippen LogP contribution < -0.4 is 5.32 Å². The fraction of sp³-hybridized carbons (Fsp3) is 0.651. The number of carbonyl (C=O) groups is 7. The van der Waals surface area contributed by atoms with Crippen LogP contribution in [0.2, 0.25) is 0 Å². The van der Waals surface area contributed by atoms with Crippen molar-refractivity contribution < 1.29 is 76.9 Å². The number of ether oxygens (including phenoxy) is 7. The van der Waals surface area contributed by atoms with Crippen molar-refractivity contribution in [2.75, 3.05) is 6.61 Å². The number of benzene rings is 1. The van der Waals surface area contributed by atoms with Crippen molar-refractivity contribution in [3.05, 3.63) is 47.0 Å². The van der Waals surface area contributed by atoms with Crippen molar-refractivity contribution in [1.29, 1.82) is 0 Å². The van der Waals surface area contributed by atoms with Crippen molar-refractivity contribution in [2.24, 2.45) is 22.2 Å². The van der Waals surface area contributed by atoms with Gasteiger partial charge in [0, 0.05) is 31.1 Å². The van der Waals surface area contributed by atoms with E-state index in [0.29, 0.717) is 6.42 Å². The number of ketones is 1. The molecule has 4 fully saturated rings. The molecule has 5 aliphatic rings. The summed E-state index contributed by atoms with van der Waals surface area (Å²) in [5, 5.41) is 26.4. The Labute approximate surface area is 347 Å². The molecule has 0 aromatic heterocycles. The van der Waals surface area contributed by atoms with Gasteiger partial charge in [-0.15, -0.1) is 0 Å². The summed E-state index contributed by atoms with van der Waals surface area (Å²) in [6.07, 6.45) is -12.8. The van der Waals surface area contributed by atoms with Crippen LogP contribution in [-0.4, -0.2) is 119 Å². The van der Waals surface area contributed by atoms with Gasteiger partial charge in [0.05, 0.1) is 35.6 Å². The number of fused-ring (bicyclic) bond motifs is 4. The van der Waals surface area contributed by atoms with Crippen LogP contribution in [0.1, 0.15) is 98.9 Å². The number of carbonyl (C=O) groups excluding carboxylic acids is 7. The largest absolute Gasteiger partial charge is 0.509 e. The molecule has 1 amide bonds. The maximum absolute atomic E-state index is 15.6. The molecule has 3 N–H and O–H groups in total. The molecule has 328 valence electrons. The Bertz CT molecular complexity index is 1990. The molecule has 0 unspecified atom stereocenters. The van der Waals surface area contributed by atoms with Crippen LogP contribution in [0.15, 0.2) is 41.5 Å². The van der Waals surface area contributed by atoms with Crippen molar-refractivity contribution in [3.63, 3.8) is 0 Å². The Balaban J connectivity index is 1.63. The first kappa shape index (κ1) is 44.7. The molecule has 2 bridgehead atoms. The van der Waals surface area contributed by atoms with Crippen molar-refractivity contribution >= 4 is 41.7 Å². The summed E-state index contributed by atoms with van der Waals surface area (Å²) >= 11 is 0. The highest BCUT2D eigenvalue weighted by molar-refractivity contribution is 5.96. The number of esters is 4. The molecule has 6 rings (SSSR count). The summed E-state index contributed by atoms with van der Waals surface area (Å²) in [7, 11) is 0. The number of Topliss-reactive ketones (excluding diaryl/α,β-unsaturated/α-hetero) is 1. The molecule has 2 saturated carbocycles. The van der Waals surface area contributed by atoms with Crippen LogP contribution in [0.3, 0.4) is 0 Å². The van der Waals surface area contributed by atoms with Gasteiger partial charge in [0.2, 0.25) is 11.5 Å². The lowest BCUT2D eigenvalue weighted by molar-refractivity contribution is -0.345. The average Bonchev–Trinajstić information content (AvgIpc) is 3.53. The van der Waals surface area contributed by atoms with E-state index in [9.17, 15) is 39.0 Å². The van der Waals surface area contributed by atoms with E-state index in [1.165, 1.54) is 26.0 Å². The molecule has 0 radical (unpaired) electrons. The predicted molar refractivity (Wildman–Crippen MR) is 205 cm³/mol. The van der Waals surface area contributed by atoms with Gasteiger partial charge in [0.15, 0.2) is 41.9 Å². The Morgan fingerprint density at radius 1 is 0.983 bits per heavy atom. The number of aliphatic hydroxyl groups is 2. The van der Waals surface area contributed by atoms with Gasteiger partial charge in [-0.05, 0) is 43.5 Å². The summed E-state index contributed by atoms with van der Waals surface area (Å²) in [6, 6.07) is 6.63. The molecule has 2 aliphatic heterocycles. The highest BCUT2D eigenvalue weighted by atomic mass is 16.8. The molecule has 2 heterocycles. The van der Waals surface area contributed by atoms with Crippen LogP contribution in [0.4, 0.5) is 4.79 Å². The van der Waals surface area contributed by atoms with Gasteiger partial charge in [-0.1, -0.05) is 66.2 Å². The summed E-state index contributed by atoms with van der Waals surface area (Å²) in [5.41, 5.74) is -8.82. The minimum absolute atomic E-state index is 0.0307. The lowest BCUT2D eigenvalue weighted by Gasteiger charge is -2.67. The number of nitrogens with one attached hydrogen (secondary N) is 1. The van der Waals surface area contributed by atoms with E-state index in [1.807, 2.05) is 0 Å². The molecule has 1 spiro atoms. The molecule has 3 aliphatic carbocycles. The van der Waals surface area contributed by atoms with Crippen LogP contribution in [0, 0.1) is 22.2 Å². The third-order valence-corrected chi connectivity index (χ3v) is 13.1. The van der Waals surface area contributed by atoms with Gasteiger partial charge in [-0.3, -0.25) is 19.2 Å². The van der Waals surface area contributed by atoms with Gasteiger partial charge >= 0.3 is 30.0 Å². The van der Waals surface area contributed by atoms with Gasteiger partial charge in [-0.25, -0.2) is 14.4 Å². The van der Waals surface area contributed by atoms with E-state index in [4.69, 9.17) is 33.2 Å². The normalized spacial score (nSPS) is 34.9. The van der Waals surface area contributed by atoms with Gasteiger partial charge in [0.25, 0.3) is 0 Å². The van der Waals surface area contributed by atoms with Crippen LogP contribution in [0.5, 0.6) is 0 Å². The van der Waals surface area contributed by atoms with Crippen molar-refractivity contribution in [2.45, 2.75) is 148 Å². The standard InChI is InChI=1S/C43H55NO16/c1-11-15-24(44-37(52)39(5,6)7)28(48)36(51)56-29-20(2)27-30(55-21(3)45)32(49)41(10)25(47)18-26-42(19-54-26,59-22(4)46)31(41)34(57-35(50)23-16-13-12-14-17-23)43(40(27,8)9)33(29)58-38(53)60-43/h12-14,16-17,24-26,28-31,33-34,47-48H,11,15,18-19H2,1-10H3,(H,44,52)/t24-,25-,26+,28+,29+,30+,31-,33-,34-,41+,42-,43+/m0/s1. The van der Waals surface area contributed by atoms with Crippen LogP contribution >= 0.6 is 0 Å². The Morgan fingerprint density at radius 2 is 1.63 bits per heavy atom. The minimum Gasteiger partial charge on any atom is -0.454 e. The average molecular weight is 842 g/mol.